The van der Waals surface area contributed by atoms with E-state index in [0.717, 1.165) is 4.88 Å². The summed E-state index contributed by atoms with van der Waals surface area (Å²) in [5.74, 6) is -4.60. The third-order valence-electron chi connectivity index (χ3n) is 3.78. The van der Waals surface area contributed by atoms with Gasteiger partial charge in [-0.25, -0.2) is 4.98 Å². The Balaban J connectivity index is 1.88. The normalized spacial score (nSPS) is 21.6. The number of thiophene rings is 1. The summed E-state index contributed by atoms with van der Waals surface area (Å²) in [5, 5.41) is 10.9. The topological polar surface area (TPSA) is 66.3 Å². The maximum Gasteiger partial charge on any atom is 0.394 e. The van der Waals surface area contributed by atoms with Crippen LogP contribution in [0.4, 0.5) is 19.0 Å². The Bertz CT molecular complexity index is 706. The molecule has 2 aromatic rings. The SMILES string of the molecule is O=C(O)[C@@H]1CN(c2cncc(-c3cccs3)n2)C[C@H]1C(F)(F)F. The summed E-state index contributed by atoms with van der Waals surface area (Å²) in [4.78, 5) is 21.6. The van der Waals surface area contributed by atoms with Crippen LogP contribution in [0.3, 0.4) is 0 Å². The first-order chi connectivity index (χ1) is 10.9. The molecule has 0 spiro atoms. The Kier molecular flexibility index (Phi) is 3.97. The summed E-state index contributed by atoms with van der Waals surface area (Å²) in [7, 11) is 0. The second kappa shape index (κ2) is 5.80. The molecule has 0 bridgehead atoms. The maximum absolute atomic E-state index is 13.0. The van der Waals surface area contributed by atoms with E-state index < -0.39 is 30.5 Å². The summed E-state index contributed by atoms with van der Waals surface area (Å²) >= 11 is 1.44. The van der Waals surface area contributed by atoms with Crippen molar-refractivity contribution in [2.45, 2.75) is 6.18 Å². The third-order valence-corrected chi connectivity index (χ3v) is 4.67. The molecule has 0 unspecified atom stereocenters. The van der Waals surface area contributed by atoms with Crippen LogP contribution in [0.15, 0.2) is 29.9 Å². The lowest BCUT2D eigenvalue weighted by atomic mass is 9.96. The van der Waals surface area contributed by atoms with Gasteiger partial charge in [-0.15, -0.1) is 11.3 Å². The van der Waals surface area contributed by atoms with Gasteiger partial charge in [0.05, 0.1) is 29.1 Å². The molecule has 0 aliphatic carbocycles. The van der Waals surface area contributed by atoms with Gasteiger partial charge < -0.3 is 10.0 Å². The number of carbonyl (C=O) groups is 1. The largest absolute Gasteiger partial charge is 0.481 e. The number of hydrogen-bond acceptors (Lipinski definition) is 5. The average Bonchev–Trinajstić information content (AvgIpc) is 3.16. The van der Waals surface area contributed by atoms with Crippen molar-refractivity contribution in [1.29, 1.82) is 0 Å². The Morgan fingerprint density at radius 1 is 1.35 bits per heavy atom. The van der Waals surface area contributed by atoms with Gasteiger partial charge >= 0.3 is 12.1 Å². The highest BCUT2D eigenvalue weighted by molar-refractivity contribution is 7.13. The van der Waals surface area contributed by atoms with Crippen molar-refractivity contribution in [3.05, 3.63) is 29.9 Å². The smallest absolute Gasteiger partial charge is 0.394 e. The first-order valence-electron chi connectivity index (χ1n) is 6.76. The number of anilines is 1. The van der Waals surface area contributed by atoms with Crippen LogP contribution in [-0.2, 0) is 4.79 Å². The first kappa shape index (κ1) is 15.7. The second-order valence-corrected chi connectivity index (χ2v) is 6.19. The maximum atomic E-state index is 13.0. The van der Waals surface area contributed by atoms with E-state index >= 15 is 0 Å². The second-order valence-electron chi connectivity index (χ2n) is 5.24. The molecule has 1 N–H and O–H groups in total. The number of aliphatic carboxylic acids is 1. The van der Waals surface area contributed by atoms with Crippen molar-refractivity contribution in [2.24, 2.45) is 11.8 Å². The summed E-state index contributed by atoms with van der Waals surface area (Å²) in [6.07, 6.45) is -1.67. The van der Waals surface area contributed by atoms with Crippen molar-refractivity contribution in [1.82, 2.24) is 9.97 Å². The van der Waals surface area contributed by atoms with Crippen LogP contribution in [0.2, 0.25) is 0 Å². The van der Waals surface area contributed by atoms with Gasteiger partial charge in [0.15, 0.2) is 0 Å². The number of alkyl halides is 3. The van der Waals surface area contributed by atoms with Gasteiger partial charge in [0, 0.05) is 13.1 Å². The number of halogens is 3. The number of rotatable bonds is 3. The fraction of sp³-hybridized carbons (Fsp3) is 0.357. The highest BCUT2D eigenvalue weighted by Crippen LogP contribution is 2.39. The van der Waals surface area contributed by atoms with Gasteiger partial charge in [0.25, 0.3) is 0 Å². The fourth-order valence-corrected chi connectivity index (χ4v) is 3.30. The predicted molar refractivity (Wildman–Crippen MR) is 78.2 cm³/mol. The monoisotopic (exact) mass is 343 g/mol. The van der Waals surface area contributed by atoms with Gasteiger partial charge in [-0.3, -0.25) is 9.78 Å². The van der Waals surface area contributed by atoms with E-state index in [1.807, 2.05) is 17.5 Å². The summed E-state index contributed by atoms with van der Waals surface area (Å²) in [5.41, 5.74) is 0.555. The zero-order valence-electron chi connectivity index (χ0n) is 11.7. The van der Waals surface area contributed by atoms with E-state index in [-0.39, 0.29) is 12.4 Å². The molecule has 2 atom stereocenters. The van der Waals surface area contributed by atoms with Crippen molar-refractivity contribution in [2.75, 3.05) is 18.0 Å². The number of carboxylic acids is 1. The quantitative estimate of drug-likeness (QED) is 0.928. The molecule has 0 amide bonds. The Labute approximate surface area is 133 Å². The standard InChI is InChI=1S/C14H12F3N3O2S/c15-14(16,17)9-7-20(6-8(9)13(21)22)12-5-18-4-10(19-12)11-2-1-3-23-11/h1-5,8-9H,6-7H2,(H,21,22)/t8-,9-/m1/s1. The lowest BCUT2D eigenvalue weighted by molar-refractivity contribution is -0.187. The van der Waals surface area contributed by atoms with Gasteiger partial charge in [-0.1, -0.05) is 6.07 Å². The van der Waals surface area contributed by atoms with Crippen molar-refractivity contribution in [3.8, 4) is 10.6 Å². The van der Waals surface area contributed by atoms with Gasteiger partial charge in [-0.05, 0) is 11.4 Å². The van der Waals surface area contributed by atoms with Gasteiger partial charge in [-0.2, -0.15) is 13.2 Å². The van der Waals surface area contributed by atoms with Crippen molar-refractivity contribution in [3.63, 3.8) is 0 Å². The van der Waals surface area contributed by atoms with E-state index in [1.165, 1.54) is 28.6 Å². The zero-order chi connectivity index (χ0) is 16.6. The van der Waals surface area contributed by atoms with Crippen molar-refractivity contribution >= 4 is 23.1 Å². The van der Waals surface area contributed by atoms with E-state index in [2.05, 4.69) is 9.97 Å². The van der Waals surface area contributed by atoms with Crippen LogP contribution in [-0.4, -0.2) is 40.3 Å². The highest BCUT2D eigenvalue weighted by atomic mass is 32.1. The molecule has 122 valence electrons. The van der Waals surface area contributed by atoms with E-state index in [4.69, 9.17) is 5.11 Å². The summed E-state index contributed by atoms with van der Waals surface area (Å²) < 4.78 is 39.1. The minimum atomic E-state index is -4.56. The first-order valence-corrected chi connectivity index (χ1v) is 7.64. The van der Waals surface area contributed by atoms with Crippen LogP contribution in [0.25, 0.3) is 10.6 Å². The molecule has 3 heterocycles. The zero-order valence-corrected chi connectivity index (χ0v) is 12.5. The van der Waals surface area contributed by atoms with E-state index in [0.29, 0.717) is 5.69 Å². The molecule has 0 saturated carbocycles. The lowest BCUT2D eigenvalue weighted by Gasteiger charge is -2.18. The molecule has 5 nitrogen and oxygen atoms in total. The summed E-state index contributed by atoms with van der Waals surface area (Å²) in [6.45, 7) is -0.662. The molecule has 1 aliphatic heterocycles. The van der Waals surface area contributed by atoms with E-state index in [1.54, 1.807) is 0 Å². The molecule has 1 saturated heterocycles. The highest BCUT2D eigenvalue weighted by Gasteiger charge is 2.52. The average molecular weight is 343 g/mol. The van der Waals surface area contributed by atoms with Gasteiger partial charge in [0.1, 0.15) is 11.5 Å². The Morgan fingerprint density at radius 2 is 2.13 bits per heavy atom. The molecule has 23 heavy (non-hydrogen) atoms. The summed E-state index contributed by atoms with van der Waals surface area (Å²) in [6, 6.07) is 3.67. The van der Waals surface area contributed by atoms with Crippen LogP contribution in [0.5, 0.6) is 0 Å². The molecule has 1 aliphatic rings. The minimum Gasteiger partial charge on any atom is -0.481 e. The molecule has 2 aromatic heterocycles. The third kappa shape index (κ3) is 3.14. The van der Waals surface area contributed by atoms with Crippen LogP contribution in [0.1, 0.15) is 0 Å². The van der Waals surface area contributed by atoms with E-state index in [9.17, 15) is 18.0 Å². The molecule has 3 rings (SSSR count). The lowest BCUT2D eigenvalue weighted by Crippen LogP contribution is -2.33. The number of hydrogen-bond donors (Lipinski definition) is 1. The Morgan fingerprint density at radius 3 is 2.70 bits per heavy atom. The van der Waals surface area contributed by atoms with Crippen LogP contribution in [0, 0.1) is 11.8 Å². The molecule has 1 fully saturated rings. The molecule has 0 aromatic carbocycles. The Hall–Kier alpha value is -2.16. The van der Waals surface area contributed by atoms with Crippen LogP contribution >= 0.6 is 11.3 Å². The van der Waals surface area contributed by atoms with Crippen LogP contribution < -0.4 is 4.90 Å². The molecule has 0 radical (unpaired) electrons. The molecule has 9 heteroatoms. The van der Waals surface area contributed by atoms with Crippen molar-refractivity contribution < 1.29 is 23.1 Å². The number of carboxylic acid groups (broad SMARTS) is 1. The number of nitrogens with zero attached hydrogens (tertiary/aromatic N) is 3. The minimum absolute atomic E-state index is 0.234. The number of aromatic nitrogens is 2. The predicted octanol–water partition coefficient (Wildman–Crippen LogP) is 2.90. The molecular weight excluding hydrogens is 331 g/mol. The molecular formula is C14H12F3N3O2S. The fourth-order valence-electron chi connectivity index (χ4n) is 2.62. The van der Waals surface area contributed by atoms with Gasteiger partial charge in [0.2, 0.25) is 0 Å².